The number of phenols is 1. The number of anilines is 1. The van der Waals surface area contributed by atoms with Crippen molar-refractivity contribution in [3.05, 3.63) is 36.7 Å². The largest absolute Gasteiger partial charge is 0.507 e. The molecule has 1 saturated heterocycles. The van der Waals surface area contributed by atoms with Crippen molar-refractivity contribution in [2.75, 3.05) is 24.5 Å². The van der Waals surface area contributed by atoms with E-state index in [-0.39, 0.29) is 30.6 Å². The van der Waals surface area contributed by atoms with E-state index in [1.807, 2.05) is 18.2 Å². The molecule has 1 aromatic carbocycles. The Kier molecular flexibility index (Phi) is 8.15. The maximum Gasteiger partial charge on any atom is 0.245 e. The molecule has 1 aliphatic heterocycles. The van der Waals surface area contributed by atoms with Crippen LogP contribution < -0.4 is 10.2 Å². The van der Waals surface area contributed by atoms with Crippen LogP contribution in [0.25, 0.3) is 21.7 Å². The number of aromatic hydroxyl groups is 1. The molecule has 3 aromatic rings. The summed E-state index contributed by atoms with van der Waals surface area (Å²) in [6, 6.07) is 7.86. The number of piperazine rings is 1. The summed E-state index contributed by atoms with van der Waals surface area (Å²) in [6.45, 7) is 7.06. The molecule has 0 saturated carbocycles. The Bertz CT molecular complexity index is 908. The Labute approximate surface area is 186 Å². The second kappa shape index (κ2) is 10.2. The molecule has 0 radical (unpaired) electrons. The third kappa shape index (κ3) is 5.14. The molecule has 0 amide bonds. The quantitative estimate of drug-likeness (QED) is 0.621. The Morgan fingerprint density at radius 3 is 2.66 bits per heavy atom. The summed E-state index contributed by atoms with van der Waals surface area (Å²) in [5.74, 6) is 1.34. The van der Waals surface area contributed by atoms with Crippen molar-refractivity contribution in [3.8, 4) is 27.4 Å². The second-order valence-corrected chi connectivity index (χ2v) is 7.84. The van der Waals surface area contributed by atoms with Crippen molar-refractivity contribution < 1.29 is 5.11 Å². The minimum atomic E-state index is 0. The van der Waals surface area contributed by atoms with Gasteiger partial charge in [-0.2, -0.15) is 0 Å². The van der Waals surface area contributed by atoms with Crippen LogP contribution in [0, 0.1) is 5.92 Å². The average molecular weight is 455 g/mol. The summed E-state index contributed by atoms with van der Waals surface area (Å²) in [5.41, 5.74) is 2.11. The van der Waals surface area contributed by atoms with E-state index < -0.39 is 0 Å². The Balaban J connectivity index is 0.00000150. The molecule has 0 unspecified atom stereocenters. The fourth-order valence-corrected chi connectivity index (χ4v) is 3.80. The van der Waals surface area contributed by atoms with E-state index in [9.17, 15) is 5.11 Å². The standard InChI is InChI=1S/C19H22N6OS.2ClH/c1-12(2)16-11-25(8-7-20-16)19-21-10-15(23-24-19)14-4-3-13(9-17(14)26)18-5-6-22-27-18;;/h3-6,9-10,12,16,20,26H,7-8,11H2,1-2H3;2*1H/t16-;;/m1../s1. The molecule has 3 heterocycles. The van der Waals surface area contributed by atoms with Gasteiger partial charge in [0.1, 0.15) is 11.4 Å². The van der Waals surface area contributed by atoms with Gasteiger partial charge in [0.05, 0.1) is 11.1 Å². The molecule has 7 nitrogen and oxygen atoms in total. The first-order valence-electron chi connectivity index (χ1n) is 9.04. The first kappa shape index (κ1) is 23.3. The molecule has 1 atom stereocenters. The van der Waals surface area contributed by atoms with Crippen LogP contribution in [0.5, 0.6) is 5.75 Å². The predicted molar refractivity (Wildman–Crippen MR) is 121 cm³/mol. The fraction of sp³-hybridized carbons (Fsp3) is 0.368. The SMILES string of the molecule is CC(C)[C@H]1CN(c2ncc(-c3ccc(-c4ccns4)cc3O)nn2)CCN1.Cl.Cl. The van der Waals surface area contributed by atoms with E-state index >= 15 is 0 Å². The van der Waals surface area contributed by atoms with Crippen molar-refractivity contribution in [3.63, 3.8) is 0 Å². The zero-order chi connectivity index (χ0) is 18.8. The van der Waals surface area contributed by atoms with Gasteiger partial charge in [0.15, 0.2) is 0 Å². The third-order valence-corrected chi connectivity index (χ3v) is 5.63. The van der Waals surface area contributed by atoms with Gasteiger partial charge in [0, 0.05) is 37.4 Å². The number of benzene rings is 1. The Morgan fingerprint density at radius 2 is 2.03 bits per heavy atom. The normalized spacial score (nSPS) is 16.2. The molecule has 0 bridgehead atoms. The van der Waals surface area contributed by atoms with Gasteiger partial charge in [-0.1, -0.05) is 19.9 Å². The number of phenolic OH excluding ortho intramolecular Hbond substituents is 1. The minimum Gasteiger partial charge on any atom is -0.507 e. The van der Waals surface area contributed by atoms with E-state index in [1.54, 1.807) is 18.5 Å². The highest BCUT2D eigenvalue weighted by Gasteiger charge is 2.23. The average Bonchev–Trinajstić information content (AvgIpc) is 3.23. The van der Waals surface area contributed by atoms with Crippen LogP contribution >= 0.6 is 36.3 Å². The molecule has 29 heavy (non-hydrogen) atoms. The highest BCUT2D eigenvalue weighted by molar-refractivity contribution is 7.09. The number of hydrogen-bond acceptors (Lipinski definition) is 8. The number of rotatable bonds is 4. The fourth-order valence-electron chi connectivity index (χ4n) is 3.21. The van der Waals surface area contributed by atoms with E-state index in [2.05, 4.69) is 43.6 Å². The molecule has 4 rings (SSSR count). The Morgan fingerprint density at radius 1 is 1.21 bits per heavy atom. The monoisotopic (exact) mass is 454 g/mol. The first-order chi connectivity index (χ1) is 13.1. The van der Waals surface area contributed by atoms with Gasteiger partial charge in [0.25, 0.3) is 0 Å². The summed E-state index contributed by atoms with van der Waals surface area (Å²) in [6.07, 6.45) is 3.43. The lowest BCUT2D eigenvalue weighted by Crippen LogP contribution is -2.53. The summed E-state index contributed by atoms with van der Waals surface area (Å²) >= 11 is 1.39. The molecule has 10 heteroatoms. The molecule has 1 fully saturated rings. The molecule has 2 N–H and O–H groups in total. The Hall–Kier alpha value is -2.00. The number of aromatic nitrogens is 4. The van der Waals surface area contributed by atoms with Crippen LogP contribution in [0.2, 0.25) is 0 Å². The lowest BCUT2D eigenvalue weighted by Gasteiger charge is -2.35. The first-order valence-corrected chi connectivity index (χ1v) is 9.81. The van der Waals surface area contributed by atoms with Crippen molar-refractivity contribution >= 4 is 42.3 Å². The van der Waals surface area contributed by atoms with E-state index in [0.717, 1.165) is 30.1 Å². The lowest BCUT2D eigenvalue weighted by atomic mass is 10.0. The highest BCUT2D eigenvalue weighted by Crippen LogP contribution is 2.33. The van der Waals surface area contributed by atoms with Crippen LogP contribution in [-0.4, -0.2) is 50.3 Å². The molecular weight excluding hydrogens is 431 g/mol. The molecule has 156 valence electrons. The second-order valence-electron chi connectivity index (χ2n) is 7.00. The maximum atomic E-state index is 10.4. The highest BCUT2D eigenvalue weighted by atomic mass is 35.5. The molecular formula is C19H24Cl2N6OS. The van der Waals surface area contributed by atoms with Crippen LogP contribution in [0.1, 0.15) is 13.8 Å². The van der Waals surface area contributed by atoms with Gasteiger partial charge >= 0.3 is 0 Å². The van der Waals surface area contributed by atoms with Gasteiger partial charge in [-0.3, -0.25) is 0 Å². The molecule has 0 aliphatic carbocycles. The van der Waals surface area contributed by atoms with Gasteiger partial charge < -0.3 is 15.3 Å². The maximum absolute atomic E-state index is 10.4. The van der Waals surface area contributed by atoms with Crippen LogP contribution in [0.15, 0.2) is 36.7 Å². The summed E-state index contributed by atoms with van der Waals surface area (Å²) < 4.78 is 4.10. The third-order valence-electron chi connectivity index (χ3n) is 4.84. The smallest absolute Gasteiger partial charge is 0.245 e. The summed E-state index contributed by atoms with van der Waals surface area (Å²) in [5, 5.41) is 22.6. The zero-order valence-corrected chi connectivity index (χ0v) is 18.6. The van der Waals surface area contributed by atoms with Crippen LogP contribution in [0.3, 0.4) is 0 Å². The number of nitrogens with zero attached hydrogens (tertiary/aromatic N) is 5. The van der Waals surface area contributed by atoms with Gasteiger partial charge in [0.2, 0.25) is 5.95 Å². The predicted octanol–water partition coefficient (Wildman–Crippen LogP) is 3.65. The van der Waals surface area contributed by atoms with Crippen LogP contribution in [-0.2, 0) is 0 Å². The van der Waals surface area contributed by atoms with Crippen molar-refractivity contribution in [2.45, 2.75) is 19.9 Å². The summed E-state index contributed by atoms with van der Waals surface area (Å²) in [7, 11) is 0. The lowest BCUT2D eigenvalue weighted by molar-refractivity contribution is 0.365. The number of hydrogen-bond donors (Lipinski definition) is 2. The molecule has 2 aromatic heterocycles. The molecule has 1 aliphatic rings. The van der Waals surface area contributed by atoms with Gasteiger partial charge in [-0.05, 0) is 41.2 Å². The van der Waals surface area contributed by atoms with Gasteiger partial charge in [-0.15, -0.1) is 35.0 Å². The van der Waals surface area contributed by atoms with Crippen molar-refractivity contribution in [1.29, 1.82) is 0 Å². The van der Waals surface area contributed by atoms with E-state index in [0.29, 0.717) is 29.2 Å². The topological polar surface area (TPSA) is 87.1 Å². The number of nitrogens with one attached hydrogen (secondary N) is 1. The van der Waals surface area contributed by atoms with Gasteiger partial charge in [-0.25, -0.2) is 9.36 Å². The minimum absolute atomic E-state index is 0. The van der Waals surface area contributed by atoms with Crippen LogP contribution in [0.4, 0.5) is 5.95 Å². The van der Waals surface area contributed by atoms with E-state index in [4.69, 9.17) is 0 Å². The molecule has 0 spiro atoms. The zero-order valence-electron chi connectivity index (χ0n) is 16.1. The summed E-state index contributed by atoms with van der Waals surface area (Å²) in [4.78, 5) is 7.66. The van der Waals surface area contributed by atoms with Crippen molar-refractivity contribution in [2.24, 2.45) is 5.92 Å². The van der Waals surface area contributed by atoms with E-state index in [1.165, 1.54) is 11.5 Å². The number of halogens is 2. The van der Waals surface area contributed by atoms with Crippen molar-refractivity contribution in [1.82, 2.24) is 24.9 Å².